The minimum absolute atomic E-state index is 0.178. The minimum Gasteiger partial charge on any atom is -0.382 e. The number of aryl methyl sites for hydroxylation is 1. The molecule has 0 unspecified atom stereocenters. The molecule has 18 heavy (non-hydrogen) atoms. The number of rotatable bonds is 9. The lowest BCUT2D eigenvalue weighted by Crippen LogP contribution is -2.17. The molecule has 4 heteroatoms. The van der Waals surface area contributed by atoms with E-state index in [9.17, 15) is 4.39 Å². The van der Waals surface area contributed by atoms with Crippen molar-refractivity contribution in [2.75, 3.05) is 33.5 Å². The predicted octanol–water partition coefficient (Wildman–Crippen LogP) is 2.28. The number of ether oxygens (including phenoxy) is 2. The van der Waals surface area contributed by atoms with Gasteiger partial charge in [0, 0.05) is 20.3 Å². The van der Waals surface area contributed by atoms with Crippen LogP contribution in [0.5, 0.6) is 0 Å². The van der Waals surface area contributed by atoms with Gasteiger partial charge < -0.3 is 14.8 Å². The largest absolute Gasteiger partial charge is 0.382 e. The van der Waals surface area contributed by atoms with E-state index in [0.29, 0.717) is 13.2 Å². The van der Waals surface area contributed by atoms with Crippen LogP contribution < -0.4 is 5.32 Å². The fourth-order valence-corrected chi connectivity index (χ4v) is 1.62. The van der Waals surface area contributed by atoms with E-state index in [1.54, 1.807) is 13.2 Å². The van der Waals surface area contributed by atoms with Crippen molar-refractivity contribution in [3.8, 4) is 0 Å². The molecule has 0 radical (unpaired) electrons. The lowest BCUT2D eigenvalue weighted by atomic mass is 10.1. The monoisotopic (exact) mass is 255 g/mol. The third-order valence-electron chi connectivity index (χ3n) is 2.69. The molecule has 0 saturated heterocycles. The van der Waals surface area contributed by atoms with Crippen LogP contribution in [-0.2, 0) is 16.0 Å². The van der Waals surface area contributed by atoms with Crippen LogP contribution in [0.25, 0.3) is 0 Å². The highest BCUT2D eigenvalue weighted by Crippen LogP contribution is 2.09. The summed E-state index contributed by atoms with van der Waals surface area (Å²) in [4.78, 5) is 0. The van der Waals surface area contributed by atoms with E-state index in [2.05, 4.69) is 5.32 Å². The smallest absolute Gasteiger partial charge is 0.123 e. The molecule has 0 aliphatic carbocycles. The van der Waals surface area contributed by atoms with Gasteiger partial charge in [-0.1, -0.05) is 6.07 Å². The Hall–Kier alpha value is -0.970. The van der Waals surface area contributed by atoms with Crippen molar-refractivity contribution < 1.29 is 13.9 Å². The van der Waals surface area contributed by atoms with Crippen molar-refractivity contribution in [1.29, 1.82) is 0 Å². The number of nitrogens with one attached hydrogen (secondary N) is 1. The molecule has 0 fully saturated rings. The van der Waals surface area contributed by atoms with Gasteiger partial charge in [0.25, 0.3) is 0 Å². The van der Waals surface area contributed by atoms with Crippen LogP contribution in [0.3, 0.4) is 0 Å². The van der Waals surface area contributed by atoms with Crippen molar-refractivity contribution in [1.82, 2.24) is 5.32 Å². The van der Waals surface area contributed by atoms with Crippen molar-refractivity contribution in [2.45, 2.75) is 19.9 Å². The van der Waals surface area contributed by atoms with E-state index in [1.165, 1.54) is 6.07 Å². The van der Waals surface area contributed by atoms with Gasteiger partial charge in [-0.05, 0) is 43.1 Å². The van der Waals surface area contributed by atoms with E-state index in [1.807, 2.05) is 13.0 Å². The summed E-state index contributed by atoms with van der Waals surface area (Å²) < 4.78 is 23.1. The average molecular weight is 255 g/mol. The van der Waals surface area contributed by atoms with Gasteiger partial charge in [-0.2, -0.15) is 0 Å². The predicted molar refractivity (Wildman–Crippen MR) is 70.2 cm³/mol. The highest BCUT2D eigenvalue weighted by atomic mass is 19.1. The topological polar surface area (TPSA) is 30.5 Å². The van der Waals surface area contributed by atoms with Crippen LogP contribution in [0.2, 0.25) is 0 Å². The van der Waals surface area contributed by atoms with Gasteiger partial charge in [-0.3, -0.25) is 0 Å². The summed E-state index contributed by atoms with van der Waals surface area (Å²) in [6.07, 6.45) is 0.962. The summed E-state index contributed by atoms with van der Waals surface area (Å²) in [6.45, 7) is 5.61. The molecule has 0 saturated carbocycles. The minimum atomic E-state index is -0.178. The third-order valence-corrected chi connectivity index (χ3v) is 2.69. The average Bonchev–Trinajstić information content (AvgIpc) is 2.35. The van der Waals surface area contributed by atoms with Gasteiger partial charge in [0.05, 0.1) is 13.2 Å². The molecule has 102 valence electrons. The summed E-state index contributed by atoms with van der Waals surface area (Å²) in [7, 11) is 1.66. The molecule has 0 aliphatic heterocycles. The molecule has 0 aliphatic rings. The molecule has 1 aromatic rings. The summed E-state index contributed by atoms with van der Waals surface area (Å²) in [5.41, 5.74) is 2.12. The van der Waals surface area contributed by atoms with Gasteiger partial charge in [0.15, 0.2) is 0 Å². The number of methoxy groups -OCH3 is 1. The zero-order chi connectivity index (χ0) is 13.2. The van der Waals surface area contributed by atoms with Crippen LogP contribution in [0.1, 0.15) is 17.5 Å². The zero-order valence-corrected chi connectivity index (χ0v) is 11.2. The first-order valence-electron chi connectivity index (χ1n) is 6.26. The fourth-order valence-electron chi connectivity index (χ4n) is 1.62. The lowest BCUT2D eigenvalue weighted by Gasteiger charge is -2.08. The van der Waals surface area contributed by atoms with Gasteiger partial charge in [0.1, 0.15) is 5.82 Å². The molecule has 0 atom stereocenters. The van der Waals surface area contributed by atoms with E-state index in [-0.39, 0.29) is 5.82 Å². The van der Waals surface area contributed by atoms with Crippen molar-refractivity contribution in [3.05, 3.63) is 35.1 Å². The maximum absolute atomic E-state index is 12.9. The lowest BCUT2D eigenvalue weighted by molar-refractivity contribution is 0.0695. The van der Waals surface area contributed by atoms with E-state index >= 15 is 0 Å². The van der Waals surface area contributed by atoms with E-state index in [0.717, 1.165) is 37.2 Å². The first-order chi connectivity index (χ1) is 8.74. The van der Waals surface area contributed by atoms with E-state index < -0.39 is 0 Å². The third kappa shape index (κ3) is 6.10. The molecule has 1 rings (SSSR count). The Morgan fingerprint density at radius 3 is 2.78 bits per heavy atom. The second kappa shape index (κ2) is 9.03. The summed E-state index contributed by atoms with van der Waals surface area (Å²) in [5, 5.41) is 3.32. The quantitative estimate of drug-likeness (QED) is 0.687. The molecule has 1 N–H and O–H groups in total. The molecule has 0 heterocycles. The Labute approximate surface area is 108 Å². The Morgan fingerprint density at radius 2 is 2.06 bits per heavy atom. The van der Waals surface area contributed by atoms with Crippen molar-refractivity contribution in [3.63, 3.8) is 0 Å². The summed E-state index contributed by atoms with van der Waals surface area (Å²) >= 11 is 0. The number of hydrogen-bond acceptors (Lipinski definition) is 3. The van der Waals surface area contributed by atoms with Gasteiger partial charge >= 0.3 is 0 Å². The second-order valence-corrected chi connectivity index (χ2v) is 4.21. The Kier molecular flexibility index (Phi) is 7.57. The highest BCUT2D eigenvalue weighted by Gasteiger charge is 1.99. The number of hydrogen-bond donors (Lipinski definition) is 1. The zero-order valence-electron chi connectivity index (χ0n) is 11.2. The van der Waals surface area contributed by atoms with Crippen LogP contribution in [0, 0.1) is 12.7 Å². The summed E-state index contributed by atoms with van der Waals surface area (Å²) in [6, 6.07) is 4.88. The van der Waals surface area contributed by atoms with Crippen molar-refractivity contribution in [2.24, 2.45) is 0 Å². The van der Waals surface area contributed by atoms with Crippen molar-refractivity contribution >= 4 is 0 Å². The Bertz CT molecular complexity index is 345. The van der Waals surface area contributed by atoms with Gasteiger partial charge in [-0.25, -0.2) is 4.39 Å². The maximum atomic E-state index is 12.9. The first kappa shape index (κ1) is 15.1. The molecule has 3 nitrogen and oxygen atoms in total. The van der Waals surface area contributed by atoms with E-state index in [4.69, 9.17) is 9.47 Å². The molecular weight excluding hydrogens is 233 g/mol. The molecule has 1 aromatic carbocycles. The summed E-state index contributed by atoms with van der Waals surface area (Å²) in [5.74, 6) is -0.178. The molecule has 0 aromatic heterocycles. The maximum Gasteiger partial charge on any atom is 0.123 e. The molecule has 0 bridgehead atoms. The first-order valence-corrected chi connectivity index (χ1v) is 6.26. The van der Waals surface area contributed by atoms with Crippen LogP contribution >= 0.6 is 0 Å². The fraction of sp³-hybridized carbons (Fsp3) is 0.571. The van der Waals surface area contributed by atoms with Crippen LogP contribution in [-0.4, -0.2) is 33.5 Å². The van der Waals surface area contributed by atoms with Crippen LogP contribution in [0.4, 0.5) is 4.39 Å². The number of benzene rings is 1. The number of halogens is 1. The highest BCUT2D eigenvalue weighted by molar-refractivity contribution is 5.26. The Balaban J connectivity index is 2.07. The normalized spacial score (nSPS) is 10.8. The second-order valence-electron chi connectivity index (χ2n) is 4.21. The van der Waals surface area contributed by atoms with Gasteiger partial charge in [0.2, 0.25) is 0 Å². The molecule has 0 spiro atoms. The Morgan fingerprint density at radius 1 is 1.22 bits per heavy atom. The van der Waals surface area contributed by atoms with Gasteiger partial charge in [-0.15, -0.1) is 0 Å². The molecular formula is C14H22FNO2. The molecule has 0 amide bonds. The van der Waals surface area contributed by atoms with Crippen LogP contribution in [0.15, 0.2) is 18.2 Å². The standard InChI is InChI=1S/C14H22FNO2/c1-12-10-14(15)5-4-13(12)11-16-6-3-7-18-9-8-17-2/h4-5,10,16H,3,6-9,11H2,1-2H3. The SMILES string of the molecule is COCCOCCCNCc1ccc(F)cc1C.